The van der Waals surface area contributed by atoms with Gasteiger partial charge in [0.15, 0.2) is 0 Å². The lowest BCUT2D eigenvalue weighted by molar-refractivity contribution is 0.361. The van der Waals surface area contributed by atoms with Gasteiger partial charge in [-0.15, -0.1) is 0 Å². The van der Waals surface area contributed by atoms with Gasteiger partial charge >= 0.3 is 13.4 Å². The van der Waals surface area contributed by atoms with Crippen molar-refractivity contribution in [3.8, 4) is 0 Å². The molecule has 0 saturated heterocycles. The van der Waals surface area contributed by atoms with E-state index < -0.39 is 13.4 Å². The monoisotopic (exact) mass is 456 g/mol. The minimum Gasteiger partial charge on any atom is -0.325 e. The summed E-state index contributed by atoms with van der Waals surface area (Å²) in [5.74, 6) is 1.91. The van der Waals surface area contributed by atoms with E-state index in [2.05, 4.69) is 65.2 Å². The van der Waals surface area contributed by atoms with Gasteiger partial charge in [-0.3, -0.25) is 0 Å². The number of rotatable bonds is 8. The Kier molecular flexibility index (Phi) is 29.7. The quantitative estimate of drug-likeness (QED) is 0.288. The molecule has 0 aliphatic rings. The van der Waals surface area contributed by atoms with Gasteiger partial charge in [0.1, 0.15) is 0 Å². The second kappa shape index (κ2) is 22.4. The molecule has 164 valence electrons. The van der Waals surface area contributed by atoms with E-state index in [0.717, 1.165) is 11.8 Å². The van der Waals surface area contributed by atoms with E-state index in [1.54, 1.807) is 0 Å². The van der Waals surface area contributed by atoms with Crippen LogP contribution in [0.4, 0.5) is 0 Å². The highest BCUT2D eigenvalue weighted by molar-refractivity contribution is 8.06. The van der Waals surface area contributed by atoms with Crippen LogP contribution in [0.1, 0.15) is 92.9 Å². The molecule has 0 fully saturated rings. The third-order valence-electron chi connectivity index (χ3n) is 3.49. The van der Waals surface area contributed by atoms with Crippen molar-refractivity contribution < 1.29 is 29.4 Å². The van der Waals surface area contributed by atoms with Crippen LogP contribution in [0.25, 0.3) is 0 Å². The van der Waals surface area contributed by atoms with Crippen molar-refractivity contribution in [3.63, 3.8) is 0 Å². The largest absolute Gasteiger partial charge is 0.325 e. The Labute approximate surface area is 171 Å². The summed E-state index contributed by atoms with van der Waals surface area (Å²) in [6.07, 6.45) is 11.1. The summed E-state index contributed by atoms with van der Waals surface area (Å²) in [4.78, 5) is 45.3. The Morgan fingerprint density at radius 3 is 0.923 bits per heavy atom. The van der Waals surface area contributed by atoms with Crippen molar-refractivity contribution in [2.24, 2.45) is 11.8 Å². The normalized spacial score (nSPS) is 13.1. The minimum absolute atomic E-state index is 0.954. The summed E-state index contributed by atoms with van der Waals surface area (Å²) >= 11 is 7.21. The molecule has 0 aromatic heterocycles. The molecule has 0 rings (SSSR count). The Morgan fingerprint density at radius 1 is 0.615 bits per heavy atom. The fourth-order valence-electron chi connectivity index (χ4n) is 1.51. The molecule has 0 amide bonds. The van der Waals surface area contributed by atoms with Gasteiger partial charge in [0.05, 0.1) is 0 Å². The molecule has 10 heteroatoms. The van der Waals surface area contributed by atoms with Gasteiger partial charge < -0.3 is 29.4 Å². The van der Waals surface area contributed by atoms with E-state index in [1.807, 2.05) is 0 Å². The summed E-state index contributed by atoms with van der Waals surface area (Å²) < 4.78 is 0. The topological polar surface area (TPSA) is 121 Å². The first-order valence-electron chi connectivity index (χ1n) is 9.18. The van der Waals surface area contributed by atoms with Crippen LogP contribution in [0.5, 0.6) is 0 Å². The second-order valence-electron chi connectivity index (χ2n) is 6.34. The van der Waals surface area contributed by atoms with Crippen LogP contribution in [0.15, 0.2) is 0 Å². The van der Waals surface area contributed by atoms with Crippen LogP contribution in [-0.2, 0) is 23.6 Å². The van der Waals surface area contributed by atoms with Crippen LogP contribution in [-0.4, -0.2) is 29.4 Å². The molecule has 0 aliphatic carbocycles. The van der Waals surface area contributed by atoms with Gasteiger partial charge in [-0.2, -0.15) is 0 Å². The molecule has 0 aliphatic heterocycles. The molecule has 0 radical (unpaired) electrons. The molecule has 0 spiro atoms. The van der Waals surface area contributed by atoms with Gasteiger partial charge in [-0.1, -0.05) is 92.9 Å². The maximum atomic E-state index is 7.56. The van der Waals surface area contributed by atoms with Crippen LogP contribution < -0.4 is 0 Å². The number of hydrogen-bond donors (Lipinski definition) is 6. The van der Waals surface area contributed by atoms with Gasteiger partial charge in [-0.25, -0.2) is 0 Å². The molecular weight excluding hydrogens is 414 g/mol. The molecule has 26 heavy (non-hydrogen) atoms. The summed E-state index contributed by atoms with van der Waals surface area (Å²) in [5.41, 5.74) is 0. The molecule has 6 N–H and O–H groups in total. The fourth-order valence-corrected chi connectivity index (χ4v) is 1.51. The van der Waals surface area contributed by atoms with Crippen LogP contribution in [0, 0.1) is 11.8 Å². The summed E-state index contributed by atoms with van der Waals surface area (Å²) in [5, 5.41) is 0. The van der Waals surface area contributed by atoms with Crippen molar-refractivity contribution in [1.82, 2.24) is 0 Å². The summed E-state index contributed by atoms with van der Waals surface area (Å²) in [7, 11) is 0. The van der Waals surface area contributed by atoms with Crippen molar-refractivity contribution in [1.29, 1.82) is 0 Å². The molecule has 0 aromatic rings. The van der Waals surface area contributed by atoms with Gasteiger partial charge in [-0.05, 0) is 35.4 Å². The predicted molar refractivity (Wildman–Crippen MR) is 120 cm³/mol. The Bertz CT molecular complexity index is 310. The zero-order chi connectivity index (χ0) is 21.8. The molecule has 0 heterocycles. The fraction of sp³-hybridized carbons (Fsp3) is 1.00. The zero-order valence-corrected chi connectivity index (χ0v) is 20.6. The third kappa shape index (κ3) is 85.1. The predicted octanol–water partition coefficient (Wildman–Crippen LogP) is 4.82. The average Bonchev–Trinajstić information content (AvgIpc) is 2.47. The van der Waals surface area contributed by atoms with Crippen LogP contribution in [0.3, 0.4) is 0 Å². The summed E-state index contributed by atoms with van der Waals surface area (Å²) in [6.45, 7) is 6.08. The first-order chi connectivity index (χ1) is 11.6. The van der Waals surface area contributed by atoms with Crippen LogP contribution in [0.2, 0.25) is 0 Å². The van der Waals surface area contributed by atoms with Gasteiger partial charge in [0, 0.05) is 0 Å². The molecular formula is C16H42O6P2S2. The highest BCUT2D eigenvalue weighted by Crippen LogP contribution is 2.27. The molecule has 0 bridgehead atoms. The maximum absolute atomic E-state index is 7.56. The molecule has 0 saturated carbocycles. The SMILES string of the molecule is CCCCC(C)CC.CCCCC(C)CC.OP(O)(O)=S.OP(O)(O)=S. The van der Waals surface area contributed by atoms with Crippen LogP contribution >= 0.6 is 13.4 Å². The Morgan fingerprint density at radius 2 is 0.808 bits per heavy atom. The van der Waals surface area contributed by atoms with Crippen molar-refractivity contribution in [2.75, 3.05) is 0 Å². The van der Waals surface area contributed by atoms with Crippen molar-refractivity contribution in [2.45, 2.75) is 92.9 Å². The molecule has 2 atom stereocenters. The van der Waals surface area contributed by atoms with Crippen molar-refractivity contribution >= 4 is 37.1 Å². The lowest BCUT2D eigenvalue weighted by atomic mass is 10.0. The number of hydrogen-bond acceptors (Lipinski definition) is 2. The summed E-state index contributed by atoms with van der Waals surface area (Å²) in [6, 6.07) is 0. The van der Waals surface area contributed by atoms with E-state index in [1.165, 1.54) is 51.4 Å². The zero-order valence-electron chi connectivity index (χ0n) is 17.2. The minimum atomic E-state index is -3.81. The second-order valence-corrected chi connectivity index (χ2v) is 11.3. The first kappa shape index (κ1) is 34.6. The standard InChI is InChI=1S/2C8H18.2H3O3PS/c2*1-4-6-7-8(3)5-2;2*1-4(2,3)5/h2*8H,4-7H2,1-3H3;2*(H3,1,2,3,5). The lowest BCUT2D eigenvalue weighted by Gasteiger charge is -2.04. The third-order valence-corrected chi connectivity index (χ3v) is 3.49. The van der Waals surface area contributed by atoms with E-state index in [9.17, 15) is 0 Å². The van der Waals surface area contributed by atoms with Gasteiger partial charge in [0.2, 0.25) is 0 Å². The average molecular weight is 457 g/mol. The van der Waals surface area contributed by atoms with Gasteiger partial charge in [0.25, 0.3) is 0 Å². The van der Waals surface area contributed by atoms with Crippen molar-refractivity contribution in [3.05, 3.63) is 0 Å². The van der Waals surface area contributed by atoms with E-state index in [4.69, 9.17) is 29.4 Å². The Balaban J connectivity index is -0.000000127. The molecule has 6 nitrogen and oxygen atoms in total. The Hall–Kier alpha value is 1.06. The van der Waals surface area contributed by atoms with E-state index in [0.29, 0.717) is 0 Å². The maximum Gasteiger partial charge on any atom is 0.319 e. The highest BCUT2D eigenvalue weighted by Gasteiger charge is 1.95. The number of unbranched alkanes of at least 4 members (excludes halogenated alkanes) is 2. The molecule has 2 unspecified atom stereocenters. The van der Waals surface area contributed by atoms with E-state index in [-0.39, 0.29) is 0 Å². The lowest BCUT2D eigenvalue weighted by Crippen LogP contribution is -1.89. The smallest absolute Gasteiger partial charge is 0.319 e. The molecule has 0 aromatic carbocycles. The van der Waals surface area contributed by atoms with E-state index >= 15 is 0 Å². The first-order valence-corrected chi connectivity index (χ1v) is 14.5. The highest BCUT2D eigenvalue weighted by atomic mass is 32.5.